The predicted octanol–water partition coefficient (Wildman–Crippen LogP) is 5.99. The van der Waals surface area contributed by atoms with Gasteiger partial charge in [0, 0.05) is 10.7 Å². The number of amides is 2. The van der Waals surface area contributed by atoms with Gasteiger partial charge >= 0.3 is 6.03 Å². The Hall–Kier alpha value is -1.97. The van der Waals surface area contributed by atoms with E-state index in [9.17, 15) is 18.1 Å². The molecule has 1 unspecified atom stereocenters. The molecule has 1 heterocycles. The van der Waals surface area contributed by atoms with Gasteiger partial charge in [0.2, 0.25) is 0 Å². The first kappa shape index (κ1) is 23.3. The molecular weight excluding hydrogens is 434 g/mol. The maximum atomic E-state index is 12.6. The number of urea groups is 1. The van der Waals surface area contributed by atoms with E-state index in [2.05, 4.69) is 10.5 Å². The molecule has 0 saturated carbocycles. The van der Waals surface area contributed by atoms with Crippen LogP contribution < -0.4 is 10.0 Å². The Labute approximate surface area is 179 Å². The monoisotopic (exact) mass is 457 g/mol. The average Bonchev–Trinajstić information content (AvgIpc) is 3.12. The van der Waals surface area contributed by atoms with Crippen LogP contribution in [0.3, 0.4) is 0 Å². The Morgan fingerprint density at radius 2 is 1.62 bits per heavy atom. The Bertz CT molecular complexity index is 987. The number of carbonyl (C=O) groups excluding carboxylic acids is 1. The second kappa shape index (κ2) is 9.23. The van der Waals surface area contributed by atoms with Crippen molar-refractivity contribution in [1.29, 1.82) is 0 Å². The summed E-state index contributed by atoms with van der Waals surface area (Å²) in [4.78, 5) is 23.2. The fourth-order valence-electron chi connectivity index (χ4n) is 2.77. The molecule has 10 heteroatoms. The molecule has 1 aromatic carbocycles. The Kier molecular flexibility index (Phi) is 7.42. The fourth-order valence-corrected chi connectivity index (χ4v) is 5.19. The number of halogens is 1. The van der Waals surface area contributed by atoms with Crippen LogP contribution in [0.2, 0.25) is 5.02 Å². The number of hydrogen-bond acceptors (Lipinski definition) is 6. The van der Waals surface area contributed by atoms with Crippen LogP contribution in [0, 0.1) is 4.91 Å². The molecule has 7 nitrogen and oxygen atoms in total. The number of hydrogen-bond donors (Lipinski definition) is 2. The van der Waals surface area contributed by atoms with Gasteiger partial charge in [0.15, 0.2) is 0 Å². The van der Waals surface area contributed by atoms with Gasteiger partial charge in [-0.1, -0.05) is 44.5 Å². The van der Waals surface area contributed by atoms with E-state index in [1.165, 1.54) is 11.4 Å². The quantitative estimate of drug-likeness (QED) is 0.498. The molecule has 1 aromatic heterocycles. The molecule has 0 aliphatic rings. The van der Waals surface area contributed by atoms with Gasteiger partial charge in [-0.3, -0.25) is 0 Å². The van der Waals surface area contributed by atoms with Gasteiger partial charge in [-0.25, -0.2) is 17.9 Å². The van der Waals surface area contributed by atoms with E-state index >= 15 is 0 Å². The third-order valence-corrected chi connectivity index (χ3v) is 7.38. The number of benzene rings is 1. The van der Waals surface area contributed by atoms with E-state index in [0.29, 0.717) is 16.3 Å². The van der Waals surface area contributed by atoms with Crippen LogP contribution in [0.15, 0.2) is 33.0 Å². The van der Waals surface area contributed by atoms with Crippen LogP contribution >= 0.6 is 22.9 Å². The normalized spacial score (nSPS) is 12.8. The highest BCUT2D eigenvalue weighted by Crippen LogP contribution is 2.35. The van der Waals surface area contributed by atoms with Gasteiger partial charge < -0.3 is 5.32 Å². The Morgan fingerprint density at radius 1 is 1.07 bits per heavy atom. The first-order valence-electron chi connectivity index (χ1n) is 9.04. The maximum Gasteiger partial charge on any atom is 0.333 e. The van der Waals surface area contributed by atoms with Gasteiger partial charge in [0.05, 0.1) is 0 Å². The number of thiophene rings is 1. The molecule has 0 saturated heterocycles. The van der Waals surface area contributed by atoms with Crippen molar-refractivity contribution >= 4 is 44.7 Å². The zero-order valence-corrected chi connectivity index (χ0v) is 19.2. The lowest BCUT2D eigenvalue weighted by molar-refractivity contribution is 0.256. The third-order valence-electron chi connectivity index (χ3n) is 4.37. The zero-order valence-electron chi connectivity index (χ0n) is 16.8. The summed E-state index contributed by atoms with van der Waals surface area (Å²) in [6, 6.07) is 3.34. The highest BCUT2D eigenvalue weighted by atomic mass is 35.5. The van der Waals surface area contributed by atoms with Crippen molar-refractivity contribution in [2.75, 3.05) is 5.32 Å². The summed E-state index contributed by atoms with van der Waals surface area (Å²) < 4.78 is 27.1. The second-order valence-electron chi connectivity index (χ2n) is 7.31. The van der Waals surface area contributed by atoms with Crippen LogP contribution in [0.25, 0.3) is 0 Å². The van der Waals surface area contributed by atoms with E-state index in [1.54, 1.807) is 19.1 Å². The molecule has 0 fully saturated rings. The summed E-state index contributed by atoms with van der Waals surface area (Å²) in [6.07, 6.45) is 0. The number of nitrogens with zero attached hydrogens (tertiary/aromatic N) is 1. The summed E-state index contributed by atoms with van der Waals surface area (Å²) in [5.74, 6) is 0.130. The van der Waals surface area contributed by atoms with Crippen LogP contribution in [-0.2, 0) is 10.0 Å². The molecular formula is C19H24ClN3O4S2. The van der Waals surface area contributed by atoms with Crippen molar-refractivity contribution in [3.8, 4) is 0 Å². The lowest BCUT2D eigenvalue weighted by atomic mass is 9.92. The van der Waals surface area contributed by atoms with E-state index < -0.39 is 22.1 Å². The van der Waals surface area contributed by atoms with Crippen molar-refractivity contribution in [3.05, 3.63) is 50.2 Å². The smallest absolute Gasteiger partial charge is 0.307 e. The topological polar surface area (TPSA) is 105 Å². The minimum atomic E-state index is -4.09. The molecule has 0 bridgehead atoms. The van der Waals surface area contributed by atoms with Crippen LogP contribution in [0.1, 0.15) is 69.2 Å². The largest absolute Gasteiger partial charge is 0.333 e. The van der Waals surface area contributed by atoms with E-state index in [1.807, 2.05) is 32.4 Å². The minimum Gasteiger partial charge on any atom is -0.307 e. The lowest BCUT2D eigenvalue weighted by Crippen LogP contribution is -2.34. The van der Waals surface area contributed by atoms with Crippen LogP contribution in [0.5, 0.6) is 0 Å². The van der Waals surface area contributed by atoms with Crippen molar-refractivity contribution in [2.24, 2.45) is 5.18 Å². The predicted molar refractivity (Wildman–Crippen MR) is 117 cm³/mol. The third kappa shape index (κ3) is 5.55. The number of nitroso groups, excluding NO2 is 1. The van der Waals surface area contributed by atoms with Crippen molar-refractivity contribution in [1.82, 2.24) is 4.72 Å². The fraction of sp³-hybridized carbons (Fsp3) is 0.421. The molecule has 2 N–H and O–H groups in total. The van der Waals surface area contributed by atoms with Gasteiger partial charge in [-0.05, 0) is 59.0 Å². The summed E-state index contributed by atoms with van der Waals surface area (Å²) >= 11 is 7.14. The van der Waals surface area contributed by atoms with Crippen molar-refractivity contribution in [2.45, 2.75) is 56.7 Å². The molecule has 0 aliphatic heterocycles. The average molecular weight is 458 g/mol. The molecule has 2 aromatic rings. The van der Waals surface area contributed by atoms with E-state index in [0.717, 1.165) is 22.5 Å². The van der Waals surface area contributed by atoms with Gasteiger partial charge in [-0.2, -0.15) is 4.91 Å². The number of sulfonamides is 1. The van der Waals surface area contributed by atoms with Gasteiger partial charge in [0.1, 0.15) is 10.3 Å². The summed E-state index contributed by atoms with van der Waals surface area (Å²) in [5.41, 5.74) is 2.67. The Balaban J connectivity index is 2.31. The molecule has 29 heavy (non-hydrogen) atoms. The van der Waals surface area contributed by atoms with E-state index in [-0.39, 0.29) is 16.0 Å². The van der Waals surface area contributed by atoms with Crippen molar-refractivity contribution < 1.29 is 13.2 Å². The summed E-state index contributed by atoms with van der Waals surface area (Å²) in [5, 5.41) is 7.65. The molecule has 158 valence electrons. The minimum absolute atomic E-state index is 0.0651. The summed E-state index contributed by atoms with van der Waals surface area (Å²) in [7, 11) is -4.09. The van der Waals surface area contributed by atoms with E-state index in [4.69, 9.17) is 11.6 Å². The highest BCUT2D eigenvalue weighted by molar-refractivity contribution is 7.92. The van der Waals surface area contributed by atoms with Crippen molar-refractivity contribution in [3.63, 3.8) is 0 Å². The molecule has 2 rings (SSSR count). The van der Waals surface area contributed by atoms with Crippen LogP contribution in [0.4, 0.5) is 10.5 Å². The molecule has 0 aliphatic carbocycles. The molecule has 2 amide bonds. The molecule has 0 spiro atoms. The molecule has 1 atom stereocenters. The molecule has 0 radical (unpaired) electrons. The summed E-state index contributed by atoms with van der Waals surface area (Å²) in [6.45, 7) is 9.42. The highest BCUT2D eigenvalue weighted by Gasteiger charge is 2.23. The first-order chi connectivity index (χ1) is 13.5. The maximum absolute atomic E-state index is 12.6. The second-order valence-corrected chi connectivity index (χ2v) is 10.6. The zero-order chi connectivity index (χ0) is 21.9. The van der Waals surface area contributed by atoms with Gasteiger partial charge in [0.25, 0.3) is 10.0 Å². The number of anilines is 1. The van der Waals surface area contributed by atoms with Gasteiger partial charge in [-0.15, -0.1) is 11.3 Å². The van der Waals surface area contributed by atoms with Crippen LogP contribution in [-0.4, -0.2) is 14.4 Å². The standard InChI is InChI=1S/C19H24ClN3O4S2/c1-10(2)15-7-14(20)8-16(11(3)4)18(15)21-19(24)23-29(26,27)17-6-13(9-28-17)12(5)22-25/h6-12H,1-5H3,(H2,21,23,24). The number of nitrogens with one attached hydrogen (secondary N) is 2. The lowest BCUT2D eigenvalue weighted by Gasteiger charge is -2.21. The number of rotatable bonds is 7. The Morgan fingerprint density at radius 3 is 2.10 bits per heavy atom. The first-order valence-corrected chi connectivity index (χ1v) is 11.8. The number of carbonyl (C=O) groups is 1. The SMILES string of the molecule is CC(C)c1cc(Cl)cc(C(C)C)c1NC(=O)NS(=O)(=O)c1cc(C(C)N=O)cs1.